The molecule has 2 rings (SSSR count). The molecule has 0 saturated heterocycles. The summed E-state index contributed by atoms with van der Waals surface area (Å²) in [5.41, 5.74) is 5.14. The molecule has 1 aliphatic carbocycles. The third kappa shape index (κ3) is 5.24. The van der Waals surface area contributed by atoms with Crippen LogP contribution in [-0.4, -0.2) is 46.2 Å². The highest BCUT2D eigenvalue weighted by Crippen LogP contribution is 2.23. The highest BCUT2D eigenvalue weighted by Gasteiger charge is 2.29. The van der Waals surface area contributed by atoms with Gasteiger partial charge in [0.05, 0.1) is 16.3 Å². The van der Waals surface area contributed by atoms with Gasteiger partial charge in [-0.2, -0.15) is 4.31 Å². The summed E-state index contributed by atoms with van der Waals surface area (Å²) in [5.74, 6) is -0.743. The first-order chi connectivity index (χ1) is 11.7. The molecule has 0 atom stereocenters. The van der Waals surface area contributed by atoms with Crippen LogP contribution in [0.15, 0.2) is 34.1 Å². The number of carbonyl (C=O) groups is 1. The van der Waals surface area contributed by atoms with Gasteiger partial charge in [-0.15, -0.1) is 0 Å². The summed E-state index contributed by atoms with van der Waals surface area (Å²) < 4.78 is 53.2. The minimum absolute atomic E-state index is 0.00774. The maximum absolute atomic E-state index is 12.7. The van der Waals surface area contributed by atoms with Gasteiger partial charge in [-0.1, -0.05) is 13.3 Å². The van der Waals surface area contributed by atoms with Crippen molar-refractivity contribution in [3.05, 3.63) is 24.3 Å². The number of nitrogens with one attached hydrogen (secondary N) is 1. The Bertz CT molecular complexity index is 815. The van der Waals surface area contributed by atoms with E-state index in [0.29, 0.717) is 6.42 Å². The van der Waals surface area contributed by atoms with Gasteiger partial charge in [0.15, 0.2) is 0 Å². The van der Waals surface area contributed by atoms with E-state index in [1.807, 2.05) is 6.92 Å². The number of nitrogens with two attached hydrogens (primary N) is 1. The van der Waals surface area contributed by atoms with Crippen LogP contribution in [0.25, 0.3) is 0 Å². The van der Waals surface area contributed by atoms with Crippen molar-refractivity contribution in [2.45, 2.75) is 48.4 Å². The summed E-state index contributed by atoms with van der Waals surface area (Å²) >= 11 is 0. The minimum Gasteiger partial charge on any atom is -0.369 e. The van der Waals surface area contributed by atoms with Gasteiger partial charge in [0.1, 0.15) is 0 Å². The predicted octanol–water partition coefficient (Wildman–Crippen LogP) is 0.403. The number of hydrogen-bond acceptors (Lipinski definition) is 5. The lowest BCUT2D eigenvalue weighted by atomic mass is 10.3. The Morgan fingerprint density at radius 3 is 2.20 bits per heavy atom. The van der Waals surface area contributed by atoms with E-state index in [1.165, 1.54) is 24.3 Å². The van der Waals surface area contributed by atoms with Crippen molar-refractivity contribution in [2.24, 2.45) is 5.73 Å². The number of unbranched alkanes of at least 4 members (excludes halogenated alkanes) is 1. The normalized spacial score (nSPS) is 15.4. The van der Waals surface area contributed by atoms with E-state index in [2.05, 4.69) is 4.72 Å². The molecule has 10 heteroatoms. The monoisotopic (exact) mass is 389 g/mol. The summed E-state index contributed by atoms with van der Waals surface area (Å²) in [4.78, 5) is 11.1. The summed E-state index contributed by atoms with van der Waals surface area (Å²) in [7, 11) is -7.57. The van der Waals surface area contributed by atoms with Gasteiger partial charge in [-0.25, -0.2) is 21.6 Å². The van der Waals surface area contributed by atoms with Crippen molar-refractivity contribution in [2.75, 3.05) is 13.1 Å². The van der Waals surface area contributed by atoms with Crippen molar-refractivity contribution in [3.8, 4) is 0 Å². The second-order valence-corrected chi connectivity index (χ2v) is 9.68. The largest absolute Gasteiger partial charge is 0.369 e. The maximum Gasteiger partial charge on any atom is 0.243 e. The van der Waals surface area contributed by atoms with Gasteiger partial charge in [0.2, 0.25) is 26.0 Å². The Kier molecular flexibility index (Phi) is 6.20. The van der Waals surface area contributed by atoms with Gasteiger partial charge in [-0.3, -0.25) is 4.79 Å². The molecular formula is C15H23N3O5S2. The molecule has 0 unspecified atom stereocenters. The molecule has 0 aliphatic heterocycles. The molecule has 0 spiro atoms. The Morgan fingerprint density at radius 2 is 1.72 bits per heavy atom. The molecule has 1 aromatic carbocycles. The minimum atomic E-state index is -3.92. The highest BCUT2D eigenvalue weighted by molar-refractivity contribution is 7.89. The SMILES string of the molecule is CCCCN(CC(N)=O)S(=O)(=O)c1ccc(S(=O)(=O)NC2CC2)cc1. The zero-order chi connectivity index (χ0) is 18.7. The Hall–Kier alpha value is -1.49. The van der Waals surface area contributed by atoms with Crippen molar-refractivity contribution < 1.29 is 21.6 Å². The zero-order valence-electron chi connectivity index (χ0n) is 14.0. The molecule has 140 valence electrons. The molecule has 0 radical (unpaired) electrons. The van der Waals surface area contributed by atoms with Crippen LogP contribution in [0.2, 0.25) is 0 Å². The number of amides is 1. The summed E-state index contributed by atoms with van der Waals surface area (Å²) in [6.45, 7) is 1.66. The molecule has 1 fully saturated rings. The van der Waals surface area contributed by atoms with E-state index in [-0.39, 0.29) is 22.4 Å². The van der Waals surface area contributed by atoms with Crippen LogP contribution in [0.1, 0.15) is 32.6 Å². The smallest absolute Gasteiger partial charge is 0.243 e. The fourth-order valence-electron chi connectivity index (χ4n) is 2.22. The second-order valence-electron chi connectivity index (χ2n) is 6.03. The summed E-state index contributed by atoms with van der Waals surface area (Å²) in [6, 6.07) is 4.93. The molecule has 25 heavy (non-hydrogen) atoms. The molecular weight excluding hydrogens is 366 g/mol. The van der Waals surface area contributed by atoms with Crippen molar-refractivity contribution in [3.63, 3.8) is 0 Å². The van der Waals surface area contributed by atoms with Crippen molar-refractivity contribution in [1.29, 1.82) is 0 Å². The third-order valence-electron chi connectivity index (χ3n) is 3.76. The Labute approximate surface area is 148 Å². The number of benzene rings is 1. The van der Waals surface area contributed by atoms with Crippen LogP contribution in [0.3, 0.4) is 0 Å². The van der Waals surface area contributed by atoms with Gasteiger partial charge in [0.25, 0.3) is 0 Å². The predicted molar refractivity (Wildman–Crippen MR) is 92.6 cm³/mol. The Morgan fingerprint density at radius 1 is 1.16 bits per heavy atom. The quantitative estimate of drug-likeness (QED) is 0.599. The molecule has 1 aromatic rings. The number of sulfonamides is 2. The van der Waals surface area contributed by atoms with E-state index in [4.69, 9.17) is 5.73 Å². The highest BCUT2D eigenvalue weighted by atomic mass is 32.2. The van der Waals surface area contributed by atoms with Crippen LogP contribution in [0.5, 0.6) is 0 Å². The fourth-order valence-corrected chi connectivity index (χ4v) is 4.97. The van der Waals surface area contributed by atoms with Gasteiger partial charge in [0, 0.05) is 12.6 Å². The lowest BCUT2D eigenvalue weighted by Gasteiger charge is -2.20. The van der Waals surface area contributed by atoms with E-state index < -0.39 is 32.5 Å². The number of primary amides is 1. The van der Waals surface area contributed by atoms with Crippen LogP contribution >= 0.6 is 0 Å². The third-order valence-corrected chi connectivity index (χ3v) is 7.16. The molecule has 0 aromatic heterocycles. The second kappa shape index (κ2) is 7.81. The first-order valence-electron chi connectivity index (χ1n) is 8.07. The van der Waals surface area contributed by atoms with E-state index in [1.54, 1.807) is 0 Å². The van der Waals surface area contributed by atoms with Gasteiger partial charge < -0.3 is 5.73 Å². The van der Waals surface area contributed by atoms with Crippen LogP contribution in [-0.2, 0) is 24.8 Å². The molecule has 3 N–H and O–H groups in total. The lowest BCUT2D eigenvalue weighted by Crippen LogP contribution is -2.39. The average molecular weight is 389 g/mol. The van der Waals surface area contributed by atoms with Gasteiger partial charge >= 0.3 is 0 Å². The van der Waals surface area contributed by atoms with Crippen LogP contribution in [0.4, 0.5) is 0 Å². The molecule has 1 aliphatic rings. The maximum atomic E-state index is 12.7. The summed E-state index contributed by atoms with van der Waals surface area (Å²) in [5, 5.41) is 0. The zero-order valence-corrected chi connectivity index (χ0v) is 15.6. The molecule has 8 nitrogen and oxygen atoms in total. The van der Waals surface area contributed by atoms with E-state index in [9.17, 15) is 21.6 Å². The number of nitrogens with zero attached hydrogens (tertiary/aromatic N) is 1. The fraction of sp³-hybridized carbons (Fsp3) is 0.533. The van der Waals surface area contributed by atoms with Gasteiger partial charge in [-0.05, 0) is 43.5 Å². The number of rotatable bonds is 10. The Balaban J connectivity index is 2.24. The van der Waals surface area contributed by atoms with E-state index >= 15 is 0 Å². The topological polar surface area (TPSA) is 127 Å². The number of carbonyl (C=O) groups excluding carboxylic acids is 1. The number of hydrogen-bond donors (Lipinski definition) is 2. The summed E-state index contributed by atoms with van der Waals surface area (Å²) in [6.07, 6.45) is 2.97. The van der Waals surface area contributed by atoms with E-state index in [0.717, 1.165) is 23.6 Å². The first-order valence-corrected chi connectivity index (χ1v) is 11.0. The van der Waals surface area contributed by atoms with Crippen molar-refractivity contribution in [1.82, 2.24) is 9.03 Å². The van der Waals surface area contributed by atoms with Crippen LogP contribution in [0, 0.1) is 0 Å². The molecule has 1 amide bonds. The molecule has 0 heterocycles. The molecule has 1 saturated carbocycles. The standard InChI is InChI=1S/C15H23N3O5S2/c1-2-3-10-18(11-15(16)19)25(22,23)14-8-6-13(7-9-14)24(20,21)17-12-4-5-12/h6-9,12,17H,2-5,10-11H2,1H3,(H2,16,19). The lowest BCUT2D eigenvalue weighted by molar-refractivity contribution is -0.118. The first kappa shape index (κ1) is 19.8. The van der Waals surface area contributed by atoms with Crippen LogP contribution < -0.4 is 10.5 Å². The van der Waals surface area contributed by atoms with Crippen molar-refractivity contribution >= 4 is 26.0 Å². The average Bonchev–Trinajstić information content (AvgIpc) is 3.34. The molecule has 0 bridgehead atoms.